The van der Waals surface area contributed by atoms with Gasteiger partial charge in [-0.25, -0.2) is 15.0 Å². The van der Waals surface area contributed by atoms with Gasteiger partial charge in [0, 0.05) is 153 Å². The number of aromatic nitrogens is 11. The van der Waals surface area contributed by atoms with Gasteiger partial charge in [0.25, 0.3) is 22.2 Å². The summed E-state index contributed by atoms with van der Waals surface area (Å²) in [7, 11) is 0. The topological polar surface area (TPSA) is 176 Å². The van der Waals surface area contributed by atoms with Crippen LogP contribution in [0.25, 0.3) is 240 Å². The van der Waals surface area contributed by atoms with Crippen molar-refractivity contribution in [3.63, 3.8) is 0 Å². The molecule has 0 unspecified atom stereocenters. The zero-order valence-corrected chi connectivity index (χ0v) is 68.2. The van der Waals surface area contributed by atoms with Crippen molar-refractivity contribution < 1.29 is 0 Å². The molecule has 0 atom stereocenters. The molecule has 0 saturated carbocycles. The molecule has 0 bridgehead atoms. The average Bonchev–Trinajstić information content (AvgIpc) is 1.57. The van der Waals surface area contributed by atoms with Crippen LogP contribution in [0, 0.1) is 0 Å². The minimum atomic E-state index is -0.0447. The molecular formula is C111H63N11O4S. The Bertz CT molecular complexity index is 9370. The van der Waals surface area contributed by atoms with Crippen molar-refractivity contribution in [2.75, 3.05) is 0 Å². The summed E-state index contributed by atoms with van der Waals surface area (Å²) in [6.45, 7) is 0. The second kappa shape index (κ2) is 28.7. The third kappa shape index (κ3) is 11.3. The van der Waals surface area contributed by atoms with Gasteiger partial charge >= 0.3 is 0 Å². The van der Waals surface area contributed by atoms with Gasteiger partial charge in [0.1, 0.15) is 0 Å². The third-order valence-electron chi connectivity index (χ3n) is 25.1. The molecule has 14 heterocycles. The number of hydrogen-bond donors (Lipinski definition) is 0. The summed E-state index contributed by atoms with van der Waals surface area (Å²) in [6.07, 6.45) is 7.26. The van der Waals surface area contributed by atoms with Crippen molar-refractivity contribution in [3.8, 4) is 67.7 Å². The lowest BCUT2D eigenvalue weighted by Gasteiger charge is -2.10. The SMILES string of the molecule is O=c1c2ccccc2c2ccc(-c3ccc4sc5ccccc5c4c3)c3c4ccccc4n1c23.O=c1c2ccccc2c2nccc3c4cc(-c5ccccc5)ccc4n1c32.O=c1c2ccccc2c2nccc3c4cc(-c5ccccn5)ccc4n1c32.O=c1c2ccccc2c2nccc3c4cc(-c5nc(-c6ccccc6)nc(-c6ccccc6)n5)ccc4n1c32. The molecule has 0 N–H and O–H groups in total. The molecule has 0 spiro atoms. The third-order valence-corrected chi connectivity index (χ3v) is 26.2. The fraction of sp³-hybridized carbons (Fsp3) is 0. The van der Waals surface area contributed by atoms with Gasteiger partial charge in [0.2, 0.25) is 0 Å². The van der Waals surface area contributed by atoms with Crippen LogP contribution in [0.3, 0.4) is 0 Å². The van der Waals surface area contributed by atoms with E-state index in [9.17, 15) is 19.2 Å². The lowest BCUT2D eigenvalue weighted by Crippen LogP contribution is -2.13. The molecule has 28 rings (SSSR count). The van der Waals surface area contributed by atoms with E-state index in [0.717, 1.165) is 175 Å². The number of hydrogen-bond acceptors (Lipinski definition) is 12. The standard InChI is InChI=1S/C33H19N5O.C31H17NOS.C24H14N2O.C23H13N3O/c39-33-25-14-8-7-13-23(25)28-29-24(17-18-34-28)26-19-22(15-16-27(26)38(29)33)32-36-30(20-9-3-1-4-10-20)35-31(37-32)21-11-5-2-6-12-21;33-31-23-9-2-1-7-20(23)22-15-14-19(29-24-10-3-5-11-26(24)32(31)30(22)29)18-13-16-28-25(17-18)21-8-4-6-12-27(21)34-28;27-24-19-9-5-4-8-17(19)22-23-18(12-13-25-22)20-14-16(10-11-21(20)26(23)24)15-6-2-1-3-7-15;27-23-17-6-2-1-5-15(17)21-22-16(10-12-25-21)18-13-14(8-9-20(18)26(22)23)19-7-3-4-11-24-19/h1-19H;1-17H;1-14H;1-13H. The normalized spacial score (nSPS) is 11.9. The van der Waals surface area contributed by atoms with Crippen LogP contribution in [-0.4, -0.2) is 52.5 Å². The fourth-order valence-electron chi connectivity index (χ4n) is 19.4. The second-order valence-electron chi connectivity index (χ2n) is 31.9. The highest BCUT2D eigenvalue weighted by Crippen LogP contribution is 2.45. The summed E-state index contributed by atoms with van der Waals surface area (Å²) in [6, 6.07) is 120. The molecule has 0 saturated heterocycles. The first kappa shape index (κ1) is 72.6. The van der Waals surface area contributed by atoms with E-state index in [1.165, 1.54) is 31.3 Å². The van der Waals surface area contributed by atoms with Crippen molar-refractivity contribution in [1.82, 2.24) is 52.5 Å². The average molecular weight is 1650 g/mol. The number of nitrogens with zero attached hydrogens (tertiary/aromatic N) is 11. The highest BCUT2D eigenvalue weighted by molar-refractivity contribution is 7.25. The first-order valence-electron chi connectivity index (χ1n) is 41.9. The fourth-order valence-corrected chi connectivity index (χ4v) is 20.5. The number of rotatable bonds is 6. The van der Waals surface area contributed by atoms with Gasteiger partial charge in [-0.3, -0.25) is 56.7 Å². The minimum Gasteiger partial charge on any atom is -0.275 e. The molecule has 0 radical (unpaired) electrons. The highest BCUT2D eigenvalue weighted by atomic mass is 32.1. The Labute approximate surface area is 723 Å². The Kier molecular flexibility index (Phi) is 16.4. The van der Waals surface area contributed by atoms with Crippen LogP contribution in [0.1, 0.15) is 0 Å². The van der Waals surface area contributed by atoms with Crippen molar-refractivity contribution in [2.24, 2.45) is 0 Å². The van der Waals surface area contributed by atoms with E-state index in [1.54, 1.807) is 15.0 Å². The van der Waals surface area contributed by atoms with E-state index >= 15 is 0 Å². The Hall–Kier alpha value is -17.2. The molecule has 14 aromatic carbocycles. The Morgan fingerprint density at radius 2 is 0.567 bits per heavy atom. The van der Waals surface area contributed by atoms with E-state index in [1.807, 2.05) is 281 Å². The van der Waals surface area contributed by atoms with Gasteiger partial charge in [-0.15, -0.1) is 11.3 Å². The Morgan fingerprint density at radius 3 is 1.08 bits per heavy atom. The number of pyridine rings is 8. The molecule has 0 fully saturated rings. The first-order chi connectivity index (χ1) is 62.7. The van der Waals surface area contributed by atoms with Crippen LogP contribution >= 0.6 is 11.3 Å². The van der Waals surface area contributed by atoms with Crippen LogP contribution in [0.15, 0.2) is 402 Å². The zero-order valence-electron chi connectivity index (χ0n) is 67.3. The molecule has 0 aliphatic rings. The monoisotopic (exact) mass is 1650 g/mol. The van der Waals surface area contributed by atoms with Gasteiger partial charge in [0.05, 0.1) is 66.4 Å². The van der Waals surface area contributed by atoms with Gasteiger partial charge < -0.3 is 0 Å². The van der Waals surface area contributed by atoms with Crippen molar-refractivity contribution in [1.29, 1.82) is 0 Å². The van der Waals surface area contributed by atoms with E-state index in [4.69, 9.17) is 15.0 Å². The van der Waals surface area contributed by atoms with E-state index in [0.29, 0.717) is 33.6 Å². The van der Waals surface area contributed by atoms with Crippen LogP contribution in [0.5, 0.6) is 0 Å². The highest BCUT2D eigenvalue weighted by Gasteiger charge is 2.26. The lowest BCUT2D eigenvalue weighted by atomic mass is 9.95. The van der Waals surface area contributed by atoms with Crippen LogP contribution in [0.2, 0.25) is 0 Å². The maximum Gasteiger partial charge on any atom is 0.263 e. The number of fused-ring (bicyclic) bond motifs is 23. The van der Waals surface area contributed by atoms with E-state index in [-0.39, 0.29) is 22.2 Å². The second-order valence-corrected chi connectivity index (χ2v) is 33.0. The minimum absolute atomic E-state index is 0.00307. The van der Waals surface area contributed by atoms with Crippen molar-refractivity contribution in [2.45, 2.75) is 0 Å². The first-order valence-corrected chi connectivity index (χ1v) is 42.7. The van der Waals surface area contributed by atoms with Gasteiger partial charge in [0.15, 0.2) is 17.5 Å². The maximum atomic E-state index is 13.7. The summed E-state index contributed by atoms with van der Waals surface area (Å²) in [5, 5.41) is 18.6. The number of benzene rings is 14. The molecule has 16 heteroatoms. The van der Waals surface area contributed by atoms with Gasteiger partial charge in [-0.05, 0) is 149 Å². The number of thiophene rings is 1. The summed E-state index contributed by atoms with van der Waals surface area (Å²) < 4.78 is 9.94. The van der Waals surface area contributed by atoms with Crippen LogP contribution in [0.4, 0.5) is 0 Å². The Morgan fingerprint density at radius 1 is 0.205 bits per heavy atom. The molecule has 14 aromatic heterocycles. The smallest absolute Gasteiger partial charge is 0.263 e. The summed E-state index contributed by atoms with van der Waals surface area (Å²) >= 11 is 1.83. The molecule has 592 valence electrons. The van der Waals surface area contributed by atoms with Crippen LogP contribution in [-0.2, 0) is 0 Å². The molecule has 28 aromatic rings. The lowest BCUT2D eigenvalue weighted by molar-refractivity contribution is 1.07. The zero-order chi connectivity index (χ0) is 84.2. The summed E-state index contributed by atoms with van der Waals surface area (Å²) in [5.41, 5.74) is 19.1. The molecule has 0 amide bonds. The van der Waals surface area contributed by atoms with Gasteiger partial charge in [-0.2, -0.15) is 0 Å². The molecule has 0 aliphatic carbocycles. The van der Waals surface area contributed by atoms with E-state index in [2.05, 4.69) is 135 Å². The molecule has 15 nitrogen and oxygen atoms in total. The van der Waals surface area contributed by atoms with Crippen molar-refractivity contribution >= 4 is 184 Å². The Balaban J connectivity index is 0.0000000931. The predicted octanol–water partition coefficient (Wildman–Crippen LogP) is 24.9. The van der Waals surface area contributed by atoms with Crippen molar-refractivity contribution in [3.05, 3.63) is 424 Å². The number of para-hydroxylation sites is 1. The molecule has 127 heavy (non-hydrogen) atoms. The maximum absolute atomic E-state index is 13.7. The van der Waals surface area contributed by atoms with Gasteiger partial charge in [-0.1, -0.05) is 237 Å². The predicted molar refractivity (Wildman–Crippen MR) is 520 cm³/mol. The molecule has 0 aliphatic heterocycles. The summed E-state index contributed by atoms with van der Waals surface area (Å²) in [5.74, 6) is 1.79. The summed E-state index contributed by atoms with van der Waals surface area (Å²) in [4.78, 5) is 86.7. The quantitative estimate of drug-likeness (QED) is 0.145. The van der Waals surface area contributed by atoms with E-state index < -0.39 is 0 Å². The molecular weight excluding hydrogens is 1580 g/mol. The largest absolute Gasteiger partial charge is 0.275 e. The van der Waals surface area contributed by atoms with Crippen LogP contribution < -0.4 is 22.2 Å².